The summed E-state index contributed by atoms with van der Waals surface area (Å²) in [4.78, 5) is 15.3. The second-order valence-corrected chi connectivity index (χ2v) is 9.32. The van der Waals surface area contributed by atoms with Crippen molar-refractivity contribution in [3.05, 3.63) is 107 Å². The first kappa shape index (κ1) is 21.4. The zero-order valence-electron chi connectivity index (χ0n) is 18.7. The SMILES string of the molecule is CC(C)(C)c1ccc([C@]2(C#Cc3ccc(C#N)cc3)CN(Cc3ccccc3)C2=O)cc1. The number of amides is 1. The van der Waals surface area contributed by atoms with E-state index in [1.807, 2.05) is 59.5 Å². The monoisotopic (exact) mass is 418 g/mol. The molecular weight excluding hydrogens is 392 g/mol. The maximum absolute atomic E-state index is 13.5. The van der Waals surface area contributed by atoms with E-state index in [-0.39, 0.29) is 11.3 Å². The van der Waals surface area contributed by atoms with Crippen LogP contribution in [-0.4, -0.2) is 17.4 Å². The molecule has 0 aliphatic carbocycles. The highest BCUT2D eigenvalue weighted by atomic mass is 16.2. The summed E-state index contributed by atoms with van der Waals surface area (Å²) in [5.41, 5.74) is 3.85. The normalized spacial score (nSPS) is 17.7. The van der Waals surface area contributed by atoms with E-state index < -0.39 is 5.41 Å². The van der Waals surface area contributed by atoms with Crippen LogP contribution in [0, 0.1) is 23.2 Å². The zero-order chi connectivity index (χ0) is 22.8. The number of hydrogen-bond donors (Lipinski definition) is 0. The van der Waals surface area contributed by atoms with Crippen LogP contribution in [0.3, 0.4) is 0 Å². The largest absolute Gasteiger partial charge is 0.334 e. The quantitative estimate of drug-likeness (QED) is 0.434. The molecule has 3 heteroatoms. The van der Waals surface area contributed by atoms with E-state index in [9.17, 15) is 4.79 Å². The topological polar surface area (TPSA) is 44.1 Å². The van der Waals surface area contributed by atoms with Gasteiger partial charge in [-0.1, -0.05) is 87.2 Å². The van der Waals surface area contributed by atoms with Gasteiger partial charge in [0.25, 0.3) is 0 Å². The molecule has 4 rings (SSSR count). The first-order valence-electron chi connectivity index (χ1n) is 10.8. The van der Waals surface area contributed by atoms with Gasteiger partial charge in [0.15, 0.2) is 5.41 Å². The molecule has 0 unspecified atom stereocenters. The molecule has 158 valence electrons. The number of rotatable bonds is 3. The highest BCUT2D eigenvalue weighted by Gasteiger charge is 2.52. The Bertz CT molecular complexity index is 1220. The number of nitrogens with zero attached hydrogens (tertiary/aromatic N) is 2. The number of nitriles is 1. The van der Waals surface area contributed by atoms with E-state index in [4.69, 9.17) is 5.26 Å². The van der Waals surface area contributed by atoms with Gasteiger partial charge in [0.1, 0.15) is 0 Å². The molecule has 0 N–H and O–H groups in total. The second kappa shape index (κ2) is 8.37. The molecule has 1 aliphatic rings. The summed E-state index contributed by atoms with van der Waals surface area (Å²) >= 11 is 0. The van der Waals surface area contributed by atoms with Crippen molar-refractivity contribution in [3.8, 4) is 17.9 Å². The lowest BCUT2D eigenvalue weighted by Crippen LogP contribution is -2.63. The summed E-state index contributed by atoms with van der Waals surface area (Å²) in [7, 11) is 0. The standard InChI is InChI=1S/C29H26N2O/c1-28(2,3)25-13-15-26(16-14-25)29(18-17-22-9-11-23(19-30)12-10-22)21-31(27(29)32)20-24-7-5-4-6-8-24/h4-16H,20-21H2,1-3H3/t29-/m0/s1. The number of β-lactam (4-membered cyclic amide) rings is 1. The molecule has 1 heterocycles. The fraction of sp³-hybridized carbons (Fsp3) is 0.241. The van der Waals surface area contributed by atoms with Crippen molar-refractivity contribution in [1.82, 2.24) is 4.90 Å². The smallest absolute Gasteiger partial charge is 0.247 e. The van der Waals surface area contributed by atoms with E-state index in [2.05, 4.69) is 50.8 Å². The van der Waals surface area contributed by atoms with Crippen LogP contribution in [0.25, 0.3) is 0 Å². The number of carbonyl (C=O) groups is 1. The van der Waals surface area contributed by atoms with E-state index >= 15 is 0 Å². The third-order valence-corrected chi connectivity index (χ3v) is 5.97. The first-order valence-corrected chi connectivity index (χ1v) is 10.8. The summed E-state index contributed by atoms with van der Waals surface area (Å²) in [6, 6.07) is 27.6. The van der Waals surface area contributed by atoms with Gasteiger partial charge in [0.05, 0.1) is 18.2 Å². The molecule has 1 atom stereocenters. The summed E-state index contributed by atoms with van der Waals surface area (Å²) in [5.74, 6) is 6.53. The van der Waals surface area contributed by atoms with E-state index in [0.29, 0.717) is 18.7 Å². The van der Waals surface area contributed by atoms with Gasteiger partial charge >= 0.3 is 0 Å². The van der Waals surface area contributed by atoms with Crippen LogP contribution >= 0.6 is 0 Å². The minimum absolute atomic E-state index is 0.0333. The highest BCUT2D eigenvalue weighted by molar-refractivity contribution is 5.98. The Morgan fingerprint density at radius 2 is 1.53 bits per heavy atom. The minimum atomic E-state index is -0.848. The Kier molecular flexibility index (Phi) is 5.60. The average Bonchev–Trinajstić information content (AvgIpc) is 2.81. The third kappa shape index (κ3) is 4.16. The Labute approximate surface area is 190 Å². The molecule has 0 aromatic heterocycles. The molecule has 1 fully saturated rings. The van der Waals surface area contributed by atoms with Crippen LogP contribution in [0.1, 0.15) is 48.6 Å². The molecular formula is C29H26N2O. The average molecular weight is 419 g/mol. The van der Waals surface area contributed by atoms with Gasteiger partial charge in [-0.2, -0.15) is 5.26 Å². The van der Waals surface area contributed by atoms with Crippen molar-refractivity contribution < 1.29 is 4.79 Å². The van der Waals surface area contributed by atoms with Gasteiger partial charge in [-0.3, -0.25) is 4.79 Å². The van der Waals surface area contributed by atoms with E-state index in [1.165, 1.54) is 5.56 Å². The van der Waals surface area contributed by atoms with Crippen LogP contribution < -0.4 is 0 Å². The molecule has 3 aromatic carbocycles. The summed E-state index contributed by atoms with van der Waals surface area (Å²) < 4.78 is 0. The lowest BCUT2D eigenvalue weighted by molar-refractivity contribution is -0.148. The molecule has 0 radical (unpaired) electrons. The first-order chi connectivity index (χ1) is 15.3. The zero-order valence-corrected chi connectivity index (χ0v) is 18.7. The van der Waals surface area contributed by atoms with Gasteiger partial charge in [-0.05, 0) is 46.4 Å². The van der Waals surface area contributed by atoms with Crippen LogP contribution in [0.5, 0.6) is 0 Å². The van der Waals surface area contributed by atoms with Gasteiger partial charge in [0, 0.05) is 12.1 Å². The van der Waals surface area contributed by atoms with Gasteiger partial charge in [0.2, 0.25) is 5.91 Å². The van der Waals surface area contributed by atoms with E-state index in [1.54, 1.807) is 12.1 Å². The second-order valence-electron chi connectivity index (χ2n) is 9.32. The van der Waals surface area contributed by atoms with Crippen LogP contribution in [0.2, 0.25) is 0 Å². The predicted molar refractivity (Wildman–Crippen MR) is 127 cm³/mol. The van der Waals surface area contributed by atoms with Crippen molar-refractivity contribution in [3.63, 3.8) is 0 Å². The molecule has 1 amide bonds. The maximum atomic E-state index is 13.5. The fourth-order valence-electron chi connectivity index (χ4n) is 3.98. The molecule has 0 saturated carbocycles. The van der Waals surface area contributed by atoms with E-state index in [0.717, 1.165) is 16.7 Å². The Morgan fingerprint density at radius 1 is 0.906 bits per heavy atom. The van der Waals surface area contributed by atoms with Crippen LogP contribution in [-0.2, 0) is 22.2 Å². The number of carbonyl (C=O) groups excluding carboxylic acids is 1. The van der Waals surface area contributed by atoms with Gasteiger partial charge in [-0.25, -0.2) is 0 Å². The Morgan fingerprint density at radius 3 is 2.09 bits per heavy atom. The van der Waals surface area contributed by atoms with Crippen molar-refractivity contribution in [2.24, 2.45) is 0 Å². The maximum Gasteiger partial charge on any atom is 0.247 e. The number of likely N-dealkylation sites (tertiary alicyclic amines) is 1. The fourth-order valence-corrected chi connectivity index (χ4v) is 3.98. The van der Waals surface area contributed by atoms with Crippen LogP contribution in [0.4, 0.5) is 0 Å². The summed E-state index contributed by atoms with van der Waals surface area (Å²) in [6.45, 7) is 7.68. The third-order valence-electron chi connectivity index (χ3n) is 5.97. The number of benzene rings is 3. The Balaban J connectivity index is 1.67. The van der Waals surface area contributed by atoms with Crippen molar-refractivity contribution in [1.29, 1.82) is 5.26 Å². The lowest BCUT2D eigenvalue weighted by Gasteiger charge is -2.46. The van der Waals surface area contributed by atoms with Crippen molar-refractivity contribution in [2.45, 2.75) is 38.1 Å². The molecule has 0 spiro atoms. The highest BCUT2D eigenvalue weighted by Crippen LogP contribution is 2.37. The van der Waals surface area contributed by atoms with Gasteiger partial charge in [-0.15, -0.1) is 0 Å². The summed E-state index contributed by atoms with van der Waals surface area (Å²) in [6.07, 6.45) is 0. The molecule has 1 saturated heterocycles. The molecule has 1 aliphatic heterocycles. The van der Waals surface area contributed by atoms with Crippen molar-refractivity contribution >= 4 is 5.91 Å². The minimum Gasteiger partial charge on any atom is -0.334 e. The lowest BCUT2D eigenvalue weighted by atomic mass is 9.72. The van der Waals surface area contributed by atoms with Crippen molar-refractivity contribution in [2.75, 3.05) is 6.54 Å². The molecule has 3 aromatic rings. The van der Waals surface area contributed by atoms with Gasteiger partial charge < -0.3 is 4.90 Å². The number of hydrogen-bond acceptors (Lipinski definition) is 2. The van der Waals surface area contributed by atoms with Crippen LogP contribution in [0.15, 0.2) is 78.9 Å². The molecule has 32 heavy (non-hydrogen) atoms. The predicted octanol–water partition coefficient (Wildman–Crippen LogP) is 5.19. The molecule has 0 bridgehead atoms. The molecule has 3 nitrogen and oxygen atoms in total. The Hall–Kier alpha value is -3.82. The summed E-state index contributed by atoms with van der Waals surface area (Å²) in [5, 5.41) is 9.01.